The van der Waals surface area contributed by atoms with Crippen LogP contribution in [-0.2, 0) is 16.1 Å². The number of aryl methyl sites for hydroxylation is 1. The van der Waals surface area contributed by atoms with Crippen LogP contribution in [0.3, 0.4) is 0 Å². The summed E-state index contributed by atoms with van der Waals surface area (Å²) < 4.78 is 4.95. The van der Waals surface area contributed by atoms with Crippen LogP contribution >= 0.6 is 0 Å². The molecule has 0 bridgehead atoms. The normalized spacial score (nSPS) is 10.6. The van der Waals surface area contributed by atoms with Gasteiger partial charge in [-0.15, -0.1) is 0 Å². The molecule has 0 spiro atoms. The average molecular weight is 278 g/mol. The van der Waals surface area contributed by atoms with E-state index in [0.29, 0.717) is 26.2 Å². The second-order valence-electron chi connectivity index (χ2n) is 4.97. The largest absolute Gasteiger partial charge is 0.383 e. The molecule has 1 aromatic carbocycles. The smallest absolute Gasteiger partial charge is 0.236 e. The van der Waals surface area contributed by atoms with Crippen molar-refractivity contribution in [1.29, 1.82) is 0 Å². The van der Waals surface area contributed by atoms with Gasteiger partial charge in [-0.3, -0.25) is 4.79 Å². The van der Waals surface area contributed by atoms with Crippen LogP contribution in [0.4, 0.5) is 0 Å². The Bertz CT molecular complexity index is 390. The molecule has 0 saturated heterocycles. The third kappa shape index (κ3) is 6.17. The molecule has 0 aliphatic rings. The Morgan fingerprint density at radius 1 is 1.30 bits per heavy atom. The zero-order chi connectivity index (χ0) is 14.8. The van der Waals surface area contributed by atoms with Crippen molar-refractivity contribution in [3.05, 3.63) is 35.4 Å². The van der Waals surface area contributed by atoms with Crippen molar-refractivity contribution < 1.29 is 9.53 Å². The molecule has 20 heavy (non-hydrogen) atoms. The molecule has 1 aromatic rings. The van der Waals surface area contributed by atoms with Gasteiger partial charge in [0, 0.05) is 26.7 Å². The van der Waals surface area contributed by atoms with E-state index in [-0.39, 0.29) is 5.91 Å². The molecular formula is C16H26N2O2. The van der Waals surface area contributed by atoms with E-state index in [1.165, 1.54) is 11.1 Å². The minimum absolute atomic E-state index is 0.142. The van der Waals surface area contributed by atoms with E-state index in [1.54, 1.807) is 7.11 Å². The van der Waals surface area contributed by atoms with Crippen LogP contribution in [-0.4, -0.2) is 44.2 Å². The maximum absolute atomic E-state index is 12.2. The summed E-state index contributed by atoms with van der Waals surface area (Å²) in [6, 6.07) is 8.34. The van der Waals surface area contributed by atoms with E-state index in [1.807, 2.05) is 4.90 Å². The van der Waals surface area contributed by atoms with Crippen LogP contribution in [0.5, 0.6) is 0 Å². The van der Waals surface area contributed by atoms with E-state index >= 15 is 0 Å². The van der Waals surface area contributed by atoms with Crippen LogP contribution in [0.2, 0.25) is 0 Å². The minimum Gasteiger partial charge on any atom is -0.383 e. The van der Waals surface area contributed by atoms with Crippen molar-refractivity contribution in [1.82, 2.24) is 10.2 Å². The Morgan fingerprint density at radius 2 is 2.00 bits per heavy atom. The van der Waals surface area contributed by atoms with Gasteiger partial charge in [0.25, 0.3) is 0 Å². The summed E-state index contributed by atoms with van der Waals surface area (Å²) in [5.74, 6) is 0.142. The SMILES string of the molecule is CCCN(Cc1ccc(C)cc1)C(=O)CNCCOC. The van der Waals surface area contributed by atoms with Crippen molar-refractivity contribution in [2.75, 3.05) is 33.4 Å². The monoisotopic (exact) mass is 278 g/mol. The van der Waals surface area contributed by atoms with E-state index in [0.717, 1.165) is 13.0 Å². The van der Waals surface area contributed by atoms with Crippen molar-refractivity contribution in [3.8, 4) is 0 Å². The molecule has 0 saturated carbocycles. The molecule has 1 N–H and O–H groups in total. The van der Waals surface area contributed by atoms with Crippen LogP contribution < -0.4 is 5.32 Å². The number of nitrogens with one attached hydrogen (secondary N) is 1. The summed E-state index contributed by atoms with van der Waals surface area (Å²) in [6.45, 7) is 7.32. The predicted octanol–water partition coefficient (Wildman–Crippen LogP) is 1.97. The fourth-order valence-electron chi connectivity index (χ4n) is 1.96. The number of nitrogens with zero attached hydrogens (tertiary/aromatic N) is 1. The highest BCUT2D eigenvalue weighted by molar-refractivity contribution is 5.78. The number of hydrogen-bond donors (Lipinski definition) is 1. The number of rotatable bonds is 9. The zero-order valence-corrected chi connectivity index (χ0v) is 12.8. The van der Waals surface area contributed by atoms with Crippen molar-refractivity contribution in [2.24, 2.45) is 0 Å². The fraction of sp³-hybridized carbons (Fsp3) is 0.562. The van der Waals surface area contributed by atoms with E-state index in [2.05, 4.69) is 43.4 Å². The molecule has 4 nitrogen and oxygen atoms in total. The molecule has 0 unspecified atom stereocenters. The number of carbonyl (C=O) groups is 1. The first-order chi connectivity index (χ1) is 9.67. The number of amides is 1. The lowest BCUT2D eigenvalue weighted by molar-refractivity contribution is -0.130. The lowest BCUT2D eigenvalue weighted by Gasteiger charge is -2.22. The van der Waals surface area contributed by atoms with Crippen LogP contribution in [0.1, 0.15) is 24.5 Å². The summed E-state index contributed by atoms with van der Waals surface area (Å²) in [4.78, 5) is 14.1. The first kappa shape index (κ1) is 16.7. The van der Waals surface area contributed by atoms with Crippen molar-refractivity contribution in [2.45, 2.75) is 26.8 Å². The Balaban J connectivity index is 2.50. The van der Waals surface area contributed by atoms with Gasteiger partial charge in [-0.2, -0.15) is 0 Å². The summed E-state index contributed by atoms with van der Waals surface area (Å²) in [5.41, 5.74) is 2.41. The summed E-state index contributed by atoms with van der Waals surface area (Å²) in [7, 11) is 1.66. The molecule has 0 heterocycles. The first-order valence-corrected chi connectivity index (χ1v) is 7.20. The summed E-state index contributed by atoms with van der Waals surface area (Å²) >= 11 is 0. The Morgan fingerprint density at radius 3 is 2.60 bits per heavy atom. The van der Waals surface area contributed by atoms with Crippen LogP contribution in [0.15, 0.2) is 24.3 Å². The van der Waals surface area contributed by atoms with Gasteiger partial charge in [0.15, 0.2) is 0 Å². The number of hydrogen-bond acceptors (Lipinski definition) is 3. The number of carbonyl (C=O) groups excluding carboxylic acids is 1. The Hall–Kier alpha value is -1.39. The summed E-state index contributed by atoms with van der Waals surface area (Å²) in [6.07, 6.45) is 0.968. The molecule has 112 valence electrons. The molecule has 0 radical (unpaired) electrons. The molecule has 4 heteroatoms. The van der Waals surface area contributed by atoms with Gasteiger partial charge in [0.1, 0.15) is 0 Å². The minimum atomic E-state index is 0.142. The second-order valence-corrected chi connectivity index (χ2v) is 4.97. The van der Waals surface area contributed by atoms with Gasteiger partial charge in [-0.1, -0.05) is 36.8 Å². The van der Waals surface area contributed by atoms with Gasteiger partial charge >= 0.3 is 0 Å². The highest BCUT2D eigenvalue weighted by atomic mass is 16.5. The average Bonchev–Trinajstić information content (AvgIpc) is 2.45. The topological polar surface area (TPSA) is 41.6 Å². The number of ether oxygens (including phenoxy) is 1. The number of methoxy groups -OCH3 is 1. The van der Waals surface area contributed by atoms with Gasteiger partial charge in [0.2, 0.25) is 5.91 Å². The first-order valence-electron chi connectivity index (χ1n) is 7.20. The highest BCUT2D eigenvalue weighted by Crippen LogP contribution is 2.07. The molecule has 0 aliphatic heterocycles. The summed E-state index contributed by atoms with van der Waals surface area (Å²) in [5, 5.41) is 3.10. The van der Waals surface area contributed by atoms with Gasteiger partial charge in [0.05, 0.1) is 13.2 Å². The number of benzene rings is 1. The van der Waals surface area contributed by atoms with Crippen molar-refractivity contribution in [3.63, 3.8) is 0 Å². The standard InChI is InChI=1S/C16H26N2O2/c1-4-10-18(16(19)12-17-9-11-20-3)13-15-7-5-14(2)6-8-15/h5-8,17H,4,9-13H2,1-3H3. The van der Waals surface area contributed by atoms with Crippen LogP contribution in [0.25, 0.3) is 0 Å². The Labute approximate surface area is 122 Å². The van der Waals surface area contributed by atoms with E-state index in [9.17, 15) is 4.79 Å². The van der Waals surface area contributed by atoms with E-state index in [4.69, 9.17) is 4.74 Å². The molecule has 1 amide bonds. The third-order valence-corrected chi connectivity index (χ3v) is 3.10. The van der Waals surface area contributed by atoms with Gasteiger partial charge < -0.3 is 15.0 Å². The lowest BCUT2D eigenvalue weighted by Crippen LogP contribution is -2.39. The van der Waals surface area contributed by atoms with Gasteiger partial charge in [-0.05, 0) is 18.9 Å². The maximum atomic E-state index is 12.2. The Kier molecular flexibility index (Phi) is 7.92. The van der Waals surface area contributed by atoms with Gasteiger partial charge in [-0.25, -0.2) is 0 Å². The highest BCUT2D eigenvalue weighted by Gasteiger charge is 2.12. The predicted molar refractivity (Wildman–Crippen MR) is 81.6 cm³/mol. The molecule has 0 aromatic heterocycles. The van der Waals surface area contributed by atoms with Crippen LogP contribution in [0, 0.1) is 6.92 Å². The molecular weight excluding hydrogens is 252 g/mol. The zero-order valence-electron chi connectivity index (χ0n) is 12.8. The lowest BCUT2D eigenvalue weighted by atomic mass is 10.1. The quantitative estimate of drug-likeness (QED) is 0.702. The maximum Gasteiger partial charge on any atom is 0.236 e. The fourth-order valence-corrected chi connectivity index (χ4v) is 1.96. The molecule has 0 fully saturated rings. The third-order valence-electron chi connectivity index (χ3n) is 3.10. The second kappa shape index (κ2) is 9.50. The molecule has 0 aliphatic carbocycles. The molecule has 0 atom stereocenters. The van der Waals surface area contributed by atoms with E-state index < -0.39 is 0 Å². The van der Waals surface area contributed by atoms with Crippen molar-refractivity contribution >= 4 is 5.91 Å². The molecule has 1 rings (SSSR count).